The molecule has 0 bridgehead atoms. The van der Waals surface area contributed by atoms with Crippen molar-refractivity contribution in [2.75, 3.05) is 9.80 Å². The van der Waals surface area contributed by atoms with E-state index in [1.54, 1.807) is 9.80 Å². The normalized spacial score (nSPS) is 12.0. The largest absolute Gasteiger partial charge is 0.247 e. The summed E-state index contributed by atoms with van der Waals surface area (Å²) < 4.78 is 0. The molecule has 4 aromatic heterocycles. The first-order valence-corrected chi connectivity index (χ1v) is 15.2. The van der Waals surface area contributed by atoms with Crippen molar-refractivity contribution in [3.8, 4) is 0 Å². The van der Waals surface area contributed by atoms with Crippen LogP contribution in [0.2, 0.25) is 0 Å². The first kappa shape index (κ1) is 30.5. The number of benzene rings is 3. The van der Waals surface area contributed by atoms with Crippen LogP contribution in [0.25, 0.3) is 21.5 Å². The third-order valence-corrected chi connectivity index (χ3v) is 7.82. The molecule has 48 heavy (non-hydrogen) atoms. The van der Waals surface area contributed by atoms with Crippen molar-refractivity contribution in [1.82, 2.24) is 59.8 Å². The zero-order chi connectivity index (χ0) is 33.5. The molecule has 0 N–H and O–H groups in total. The van der Waals surface area contributed by atoms with Crippen LogP contribution < -0.4 is 9.80 Å². The molecule has 0 saturated carbocycles. The van der Waals surface area contributed by atoms with Crippen LogP contribution in [0.1, 0.15) is 52.7 Å². The predicted molar refractivity (Wildman–Crippen MR) is 182 cm³/mol. The summed E-state index contributed by atoms with van der Waals surface area (Å²) in [6, 6.07) is 12.8. The summed E-state index contributed by atoms with van der Waals surface area (Å²) in [5, 5.41) is 4.45. The maximum Gasteiger partial charge on any atom is 0.240 e. The molecular formula is C34H32N14. The molecule has 238 valence electrons. The molecule has 7 aromatic rings. The smallest absolute Gasteiger partial charge is 0.240 e. The Morgan fingerprint density at radius 2 is 0.646 bits per heavy atom. The van der Waals surface area contributed by atoms with Gasteiger partial charge in [0.25, 0.3) is 0 Å². The lowest BCUT2D eigenvalue weighted by Crippen LogP contribution is -2.20. The molecule has 7 rings (SSSR count). The molecule has 0 spiro atoms. The number of nitrogens with zero attached hydrogens (tertiary/aromatic N) is 14. The highest BCUT2D eigenvalue weighted by Crippen LogP contribution is 2.47. The minimum atomic E-state index is -0.250. The lowest BCUT2D eigenvalue weighted by molar-refractivity contribution is 0.593. The molecule has 0 amide bonds. The average molecular weight is 637 g/mol. The van der Waals surface area contributed by atoms with Crippen LogP contribution in [-0.2, 0) is 10.8 Å². The van der Waals surface area contributed by atoms with Gasteiger partial charge >= 0.3 is 0 Å². The van der Waals surface area contributed by atoms with E-state index in [4.69, 9.17) is 0 Å². The van der Waals surface area contributed by atoms with E-state index < -0.39 is 0 Å². The van der Waals surface area contributed by atoms with Gasteiger partial charge < -0.3 is 0 Å². The van der Waals surface area contributed by atoms with Gasteiger partial charge in [0.1, 0.15) is 50.6 Å². The Morgan fingerprint density at radius 1 is 0.375 bits per heavy atom. The summed E-state index contributed by atoms with van der Waals surface area (Å²) in [5.41, 5.74) is 3.48. The fraction of sp³-hybridized carbons (Fsp3) is 0.235. The summed E-state index contributed by atoms with van der Waals surface area (Å²) in [6.07, 6.45) is 11.7. The zero-order valence-electron chi connectivity index (χ0n) is 27.3. The summed E-state index contributed by atoms with van der Waals surface area (Å²) in [4.78, 5) is 55.2. The first-order valence-electron chi connectivity index (χ1n) is 15.2. The Kier molecular flexibility index (Phi) is 7.54. The Labute approximate surface area is 276 Å². The van der Waals surface area contributed by atoms with Gasteiger partial charge in [0, 0.05) is 0 Å². The van der Waals surface area contributed by atoms with Crippen molar-refractivity contribution in [2.24, 2.45) is 0 Å². The molecule has 0 unspecified atom stereocenters. The second-order valence-electron chi connectivity index (χ2n) is 13.1. The third-order valence-electron chi connectivity index (χ3n) is 7.82. The van der Waals surface area contributed by atoms with E-state index in [1.165, 1.54) is 61.7 Å². The molecule has 0 fully saturated rings. The lowest BCUT2D eigenvalue weighted by atomic mass is 9.74. The molecule has 0 aliphatic carbocycles. The minimum Gasteiger partial charge on any atom is -0.247 e. The van der Waals surface area contributed by atoms with Crippen molar-refractivity contribution >= 4 is 56.7 Å². The maximum absolute atomic E-state index is 4.44. The fourth-order valence-electron chi connectivity index (χ4n) is 6.13. The van der Waals surface area contributed by atoms with E-state index >= 15 is 0 Å². The highest BCUT2D eigenvalue weighted by atomic mass is 15.4. The van der Waals surface area contributed by atoms with E-state index in [0.29, 0.717) is 23.8 Å². The molecule has 0 aliphatic heterocycles. The molecule has 0 atom stereocenters. The van der Waals surface area contributed by atoms with Gasteiger partial charge in [-0.2, -0.15) is 0 Å². The standard InChI is InChI=1S/C34H32N14/c1-33(2,3)27-23-9-7-22(48(31-43-17-37-18-44-31)32-45-19-38-20-46-32)12-26(23)28(34(4,5)6)24-10-8-21(11-25(24)27)47(29-39-13-35-14-40-29)30-41-15-36-16-42-30/h7-20H,1-6H3. The van der Waals surface area contributed by atoms with Gasteiger partial charge in [-0.05, 0) is 67.8 Å². The van der Waals surface area contributed by atoms with Crippen LogP contribution in [0.4, 0.5) is 35.2 Å². The van der Waals surface area contributed by atoms with Crippen LogP contribution in [0.5, 0.6) is 0 Å². The molecule has 3 aromatic carbocycles. The summed E-state index contributed by atoms with van der Waals surface area (Å²) in [5.74, 6) is 1.58. The second-order valence-corrected chi connectivity index (χ2v) is 13.1. The molecule has 4 heterocycles. The molecule has 0 aliphatic rings. The van der Waals surface area contributed by atoms with E-state index in [1.807, 2.05) is 0 Å². The highest BCUT2D eigenvalue weighted by Gasteiger charge is 2.30. The van der Waals surface area contributed by atoms with E-state index in [2.05, 4.69) is 138 Å². The van der Waals surface area contributed by atoms with Crippen molar-refractivity contribution < 1.29 is 0 Å². The van der Waals surface area contributed by atoms with E-state index in [-0.39, 0.29) is 10.8 Å². The van der Waals surface area contributed by atoms with Crippen molar-refractivity contribution in [2.45, 2.75) is 52.4 Å². The number of anilines is 6. The van der Waals surface area contributed by atoms with Crippen LogP contribution in [-0.4, -0.2) is 59.8 Å². The Balaban J connectivity index is 1.54. The quantitative estimate of drug-likeness (QED) is 0.188. The number of fused-ring (bicyclic) bond motifs is 2. The highest BCUT2D eigenvalue weighted by molar-refractivity contribution is 6.09. The number of hydrogen-bond acceptors (Lipinski definition) is 14. The minimum absolute atomic E-state index is 0.250. The topological polar surface area (TPSA) is 161 Å². The Bertz CT molecular complexity index is 1960. The van der Waals surface area contributed by atoms with Crippen molar-refractivity contribution in [3.05, 3.63) is 98.1 Å². The molecular weight excluding hydrogens is 604 g/mol. The number of rotatable bonds is 6. The van der Waals surface area contributed by atoms with Crippen LogP contribution in [0.3, 0.4) is 0 Å². The summed E-state index contributed by atoms with van der Waals surface area (Å²) in [7, 11) is 0. The Hall–Kier alpha value is -6.18. The maximum atomic E-state index is 4.44. The van der Waals surface area contributed by atoms with Crippen LogP contribution in [0, 0.1) is 0 Å². The second kappa shape index (κ2) is 11.9. The fourth-order valence-corrected chi connectivity index (χ4v) is 6.13. The van der Waals surface area contributed by atoms with Gasteiger partial charge in [0.15, 0.2) is 0 Å². The third kappa shape index (κ3) is 5.57. The van der Waals surface area contributed by atoms with Crippen LogP contribution >= 0.6 is 0 Å². The molecule has 0 radical (unpaired) electrons. The van der Waals surface area contributed by atoms with Crippen molar-refractivity contribution in [1.29, 1.82) is 0 Å². The Morgan fingerprint density at radius 3 is 0.896 bits per heavy atom. The SMILES string of the molecule is CC(C)(C)c1c2ccc(N(c3ncncn3)c3ncncn3)cc2c(C(C)(C)C)c2ccc(N(c3ncncn3)c3ncncn3)cc12. The lowest BCUT2D eigenvalue weighted by Gasteiger charge is -2.32. The van der Waals surface area contributed by atoms with E-state index in [9.17, 15) is 0 Å². The number of aromatic nitrogens is 12. The first-order chi connectivity index (χ1) is 23.1. The van der Waals surface area contributed by atoms with Gasteiger partial charge in [-0.3, -0.25) is 0 Å². The van der Waals surface area contributed by atoms with Crippen molar-refractivity contribution in [3.63, 3.8) is 0 Å². The summed E-state index contributed by atoms with van der Waals surface area (Å²) >= 11 is 0. The molecule has 0 saturated heterocycles. The summed E-state index contributed by atoms with van der Waals surface area (Å²) in [6.45, 7) is 13.4. The van der Waals surface area contributed by atoms with Gasteiger partial charge in [-0.15, -0.1) is 0 Å². The monoisotopic (exact) mass is 636 g/mol. The van der Waals surface area contributed by atoms with Gasteiger partial charge in [0.05, 0.1) is 11.4 Å². The molecule has 14 nitrogen and oxygen atoms in total. The van der Waals surface area contributed by atoms with Gasteiger partial charge in [-0.1, -0.05) is 53.7 Å². The van der Waals surface area contributed by atoms with Crippen LogP contribution in [0.15, 0.2) is 87.0 Å². The predicted octanol–water partition coefficient (Wildman–Crippen LogP) is 6.27. The van der Waals surface area contributed by atoms with E-state index in [0.717, 1.165) is 32.9 Å². The van der Waals surface area contributed by atoms with Gasteiger partial charge in [-0.25, -0.2) is 69.6 Å². The zero-order valence-corrected chi connectivity index (χ0v) is 27.3. The van der Waals surface area contributed by atoms with Gasteiger partial charge in [0.2, 0.25) is 23.8 Å². The average Bonchev–Trinajstić information content (AvgIpc) is 3.08. The number of hydrogen-bond donors (Lipinski definition) is 0. The molecule has 14 heteroatoms.